The summed E-state index contributed by atoms with van der Waals surface area (Å²) < 4.78 is 0. The van der Waals surface area contributed by atoms with Crippen LogP contribution in [0.25, 0.3) is 0 Å². The highest BCUT2D eigenvalue weighted by Crippen LogP contribution is 2.27. The molecular weight excluding hydrogens is 270 g/mol. The number of amides is 1. The van der Waals surface area contributed by atoms with Gasteiger partial charge in [0.2, 0.25) is 0 Å². The molecular formula is C15H19N3O3. The monoisotopic (exact) mass is 289 g/mol. The first-order valence-electron chi connectivity index (χ1n) is 7.30. The summed E-state index contributed by atoms with van der Waals surface area (Å²) in [5.74, 6) is -1.12. The van der Waals surface area contributed by atoms with Gasteiger partial charge in [0.1, 0.15) is 5.69 Å². The van der Waals surface area contributed by atoms with Crippen LogP contribution >= 0.6 is 0 Å². The minimum Gasteiger partial charge on any atom is -0.478 e. The molecule has 2 aliphatic rings. The van der Waals surface area contributed by atoms with Gasteiger partial charge in [-0.05, 0) is 31.9 Å². The molecule has 2 heterocycles. The number of nitrogens with zero attached hydrogens (tertiary/aromatic N) is 3. The highest BCUT2D eigenvalue weighted by molar-refractivity contribution is 5.94. The number of pyridine rings is 1. The van der Waals surface area contributed by atoms with E-state index in [9.17, 15) is 9.59 Å². The molecule has 0 aromatic carbocycles. The smallest absolute Gasteiger partial charge is 0.337 e. The van der Waals surface area contributed by atoms with E-state index in [1.165, 1.54) is 25.0 Å². The summed E-state index contributed by atoms with van der Waals surface area (Å²) in [5.41, 5.74) is 0.854. The minimum absolute atomic E-state index is 0.106. The molecule has 6 heteroatoms. The van der Waals surface area contributed by atoms with E-state index in [1.54, 1.807) is 11.8 Å². The van der Waals surface area contributed by atoms with Gasteiger partial charge in [-0.1, -0.05) is 0 Å². The Balaban J connectivity index is 1.67. The minimum atomic E-state index is -1.02. The lowest BCUT2D eigenvalue weighted by Gasteiger charge is -2.34. The van der Waals surface area contributed by atoms with Crippen LogP contribution in [-0.2, 0) is 0 Å². The van der Waals surface area contributed by atoms with Crippen molar-refractivity contribution in [3.63, 3.8) is 0 Å². The summed E-state index contributed by atoms with van der Waals surface area (Å²) in [6.07, 6.45) is 2.57. The third-order valence-electron chi connectivity index (χ3n) is 4.20. The number of rotatable bonds is 3. The number of aromatic carboxylic acids is 1. The van der Waals surface area contributed by atoms with E-state index in [0.717, 1.165) is 32.2 Å². The van der Waals surface area contributed by atoms with Crippen LogP contribution in [0.4, 0.5) is 0 Å². The van der Waals surface area contributed by atoms with Gasteiger partial charge < -0.3 is 10.0 Å². The van der Waals surface area contributed by atoms with Crippen LogP contribution in [0.3, 0.4) is 0 Å². The summed E-state index contributed by atoms with van der Waals surface area (Å²) in [6.45, 7) is 4.89. The first-order chi connectivity index (χ1) is 10.1. The Morgan fingerprint density at radius 1 is 1.19 bits per heavy atom. The molecule has 112 valence electrons. The fourth-order valence-electron chi connectivity index (χ4n) is 2.80. The van der Waals surface area contributed by atoms with Crippen molar-refractivity contribution >= 4 is 11.9 Å². The van der Waals surface area contributed by atoms with Crippen LogP contribution < -0.4 is 0 Å². The van der Waals surface area contributed by atoms with Gasteiger partial charge in [-0.15, -0.1) is 0 Å². The van der Waals surface area contributed by atoms with Gasteiger partial charge in [0.15, 0.2) is 0 Å². The van der Waals surface area contributed by atoms with Gasteiger partial charge >= 0.3 is 5.97 Å². The zero-order valence-electron chi connectivity index (χ0n) is 12.1. The van der Waals surface area contributed by atoms with Gasteiger partial charge in [-0.25, -0.2) is 9.78 Å². The standard InChI is InChI=1S/C15H19N3O3/c1-10-12(15(20)21)4-5-13(16-10)14(19)18-8-6-17(7-9-18)11-2-3-11/h4-5,11H,2-3,6-9H2,1H3,(H,20,21). The molecule has 0 radical (unpaired) electrons. The van der Waals surface area contributed by atoms with Crippen molar-refractivity contribution in [2.24, 2.45) is 0 Å². The summed E-state index contributed by atoms with van der Waals surface area (Å²) in [6, 6.07) is 3.70. The zero-order chi connectivity index (χ0) is 15.0. The number of carbonyl (C=O) groups excluding carboxylic acids is 1. The van der Waals surface area contributed by atoms with Crippen molar-refractivity contribution in [3.8, 4) is 0 Å². The molecule has 1 N–H and O–H groups in total. The van der Waals surface area contributed by atoms with Crippen LogP contribution in [0.1, 0.15) is 39.4 Å². The normalized spacial score (nSPS) is 19.6. The Bertz CT molecular complexity index is 576. The average Bonchev–Trinajstić information content (AvgIpc) is 3.31. The molecule has 3 rings (SSSR count). The number of aryl methyl sites for hydroxylation is 1. The third kappa shape index (κ3) is 2.90. The van der Waals surface area contributed by atoms with Crippen molar-refractivity contribution in [2.75, 3.05) is 26.2 Å². The Hall–Kier alpha value is -1.95. The van der Waals surface area contributed by atoms with E-state index in [1.807, 2.05) is 0 Å². The van der Waals surface area contributed by atoms with Crippen molar-refractivity contribution < 1.29 is 14.7 Å². The second kappa shape index (κ2) is 5.44. The van der Waals surface area contributed by atoms with E-state index in [-0.39, 0.29) is 11.5 Å². The van der Waals surface area contributed by atoms with Crippen LogP contribution in [0.15, 0.2) is 12.1 Å². The number of piperazine rings is 1. The Morgan fingerprint density at radius 3 is 2.38 bits per heavy atom. The number of hydrogen-bond acceptors (Lipinski definition) is 4. The lowest BCUT2D eigenvalue weighted by Crippen LogP contribution is -2.49. The van der Waals surface area contributed by atoms with Crippen molar-refractivity contribution in [1.29, 1.82) is 0 Å². The van der Waals surface area contributed by atoms with Gasteiger partial charge in [-0.2, -0.15) is 0 Å². The highest BCUT2D eigenvalue weighted by atomic mass is 16.4. The predicted molar refractivity (Wildman–Crippen MR) is 76.4 cm³/mol. The molecule has 0 unspecified atom stereocenters. The van der Waals surface area contributed by atoms with Gasteiger partial charge in [0, 0.05) is 32.2 Å². The number of carboxylic acid groups (broad SMARTS) is 1. The van der Waals surface area contributed by atoms with Gasteiger partial charge in [0.05, 0.1) is 11.3 Å². The summed E-state index contributed by atoms with van der Waals surface area (Å²) >= 11 is 0. The Labute approximate surface area is 123 Å². The van der Waals surface area contributed by atoms with Crippen LogP contribution in [-0.4, -0.2) is 64.0 Å². The van der Waals surface area contributed by atoms with E-state index in [0.29, 0.717) is 11.4 Å². The quantitative estimate of drug-likeness (QED) is 0.899. The SMILES string of the molecule is Cc1nc(C(=O)N2CCN(C3CC3)CC2)ccc1C(=O)O. The Morgan fingerprint density at radius 2 is 1.86 bits per heavy atom. The fourth-order valence-corrected chi connectivity index (χ4v) is 2.80. The lowest BCUT2D eigenvalue weighted by molar-refractivity contribution is 0.0618. The predicted octanol–water partition coefficient (Wildman–Crippen LogP) is 1.01. The molecule has 1 aromatic rings. The summed E-state index contributed by atoms with van der Waals surface area (Å²) in [4.78, 5) is 31.8. The molecule has 1 saturated heterocycles. The molecule has 21 heavy (non-hydrogen) atoms. The molecule has 1 aromatic heterocycles. The Kier molecular flexibility index (Phi) is 3.63. The number of carbonyl (C=O) groups is 2. The maximum absolute atomic E-state index is 12.4. The molecule has 1 aliphatic heterocycles. The molecule has 2 fully saturated rings. The molecule has 0 bridgehead atoms. The largest absolute Gasteiger partial charge is 0.478 e. The van der Waals surface area contributed by atoms with Crippen LogP contribution in [0, 0.1) is 6.92 Å². The maximum atomic E-state index is 12.4. The van der Waals surface area contributed by atoms with Crippen molar-refractivity contribution in [1.82, 2.24) is 14.8 Å². The molecule has 1 aliphatic carbocycles. The summed E-state index contributed by atoms with van der Waals surface area (Å²) in [7, 11) is 0. The van der Waals surface area contributed by atoms with E-state index >= 15 is 0 Å². The topological polar surface area (TPSA) is 73.7 Å². The molecule has 0 atom stereocenters. The van der Waals surface area contributed by atoms with Gasteiger partial charge in [-0.3, -0.25) is 9.69 Å². The van der Waals surface area contributed by atoms with E-state index in [4.69, 9.17) is 5.11 Å². The van der Waals surface area contributed by atoms with Crippen LogP contribution in [0.2, 0.25) is 0 Å². The molecule has 6 nitrogen and oxygen atoms in total. The maximum Gasteiger partial charge on any atom is 0.337 e. The number of hydrogen-bond donors (Lipinski definition) is 1. The second-order valence-corrected chi connectivity index (χ2v) is 5.69. The highest BCUT2D eigenvalue weighted by Gasteiger charge is 2.32. The first-order valence-corrected chi connectivity index (χ1v) is 7.30. The van der Waals surface area contributed by atoms with Gasteiger partial charge in [0.25, 0.3) is 5.91 Å². The summed E-state index contributed by atoms with van der Waals surface area (Å²) in [5, 5.41) is 8.99. The first kappa shape index (κ1) is 14.0. The molecule has 1 saturated carbocycles. The fraction of sp³-hybridized carbons (Fsp3) is 0.533. The average molecular weight is 289 g/mol. The van der Waals surface area contributed by atoms with Crippen molar-refractivity contribution in [3.05, 3.63) is 29.1 Å². The molecule has 1 amide bonds. The molecule has 0 spiro atoms. The van der Waals surface area contributed by atoms with Crippen molar-refractivity contribution in [2.45, 2.75) is 25.8 Å². The second-order valence-electron chi connectivity index (χ2n) is 5.69. The van der Waals surface area contributed by atoms with E-state index in [2.05, 4.69) is 9.88 Å². The lowest BCUT2D eigenvalue weighted by atomic mass is 10.1. The number of aromatic nitrogens is 1. The van der Waals surface area contributed by atoms with E-state index < -0.39 is 5.97 Å². The number of carboxylic acids is 1. The van der Waals surface area contributed by atoms with Crippen LogP contribution in [0.5, 0.6) is 0 Å². The zero-order valence-corrected chi connectivity index (χ0v) is 12.1. The third-order valence-corrected chi connectivity index (χ3v) is 4.20.